The summed E-state index contributed by atoms with van der Waals surface area (Å²) in [6.45, 7) is 2.11. The zero-order chi connectivity index (χ0) is 24.6. The van der Waals surface area contributed by atoms with Crippen LogP contribution in [0.1, 0.15) is 56.1 Å². The molecule has 2 N–H and O–H groups in total. The molecule has 2 aromatic carbocycles. The highest BCUT2D eigenvalue weighted by molar-refractivity contribution is 8.00. The summed E-state index contributed by atoms with van der Waals surface area (Å²) in [5.41, 5.74) is 3.43. The van der Waals surface area contributed by atoms with Crippen molar-refractivity contribution < 1.29 is 24.2 Å². The van der Waals surface area contributed by atoms with Gasteiger partial charge in [-0.05, 0) is 41.5 Å². The molecule has 35 heavy (non-hydrogen) atoms. The minimum atomic E-state index is -1.12. The number of nitrogens with one attached hydrogen (secondary N) is 1. The Bertz CT molecular complexity index is 1100. The Morgan fingerprint density at radius 2 is 1.66 bits per heavy atom. The van der Waals surface area contributed by atoms with Crippen molar-refractivity contribution in [2.75, 3.05) is 12.4 Å². The molecule has 184 valence electrons. The van der Waals surface area contributed by atoms with Crippen molar-refractivity contribution in [2.24, 2.45) is 0 Å². The number of fused-ring (bicyclic) bond motifs is 3. The van der Waals surface area contributed by atoms with Gasteiger partial charge in [-0.25, -0.2) is 9.59 Å². The Morgan fingerprint density at radius 3 is 2.23 bits per heavy atom. The number of hydrogen-bond acceptors (Lipinski definition) is 5. The van der Waals surface area contributed by atoms with E-state index in [-0.39, 0.29) is 23.8 Å². The summed E-state index contributed by atoms with van der Waals surface area (Å²) in [7, 11) is 0. The molecule has 2 aromatic rings. The number of hydrogen-bond donors (Lipinski definition) is 2. The molecular formula is C27H30N2O5S. The lowest BCUT2D eigenvalue weighted by Crippen LogP contribution is -2.61. The third-order valence-electron chi connectivity index (χ3n) is 7.51. The maximum absolute atomic E-state index is 13.8. The lowest BCUT2D eigenvalue weighted by Gasteiger charge is -2.36. The summed E-state index contributed by atoms with van der Waals surface area (Å²) >= 11 is 1.49. The molecule has 0 bridgehead atoms. The minimum absolute atomic E-state index is 0.0702. The number of aliphatic carboxylic acids is 1. The van der Waals surface area contributed by atoms with E-state index in [0.717, 1.165) is 35.1 Å². The van der Waals surface area contributed by atoms with Gasteiger partial charge in [0.25, 0.3) is 0 Å². The SMILES string of the molecule is CCC1SCC(C(=O)O)N1C(=O)C1(NC(=O)OCC2c3ccccc3-c3ccccc32)CCCC1. The van der Waals surface area contributed by atoms with Crippen molar-refractivity contribution in [2.45, 2.75) is 61.9 Å². The first-order chi connectivity index (χ1) is 16.9. The molecule has 2 aliphatic carbocycles. The topological polar surface area (TPSA) is 95.9 Å². The lowest BCUT2D eigenvalue weighted by atomic mass is 9.94. The second-order valence-corrected chi connectivity index (χ2v) is 10.7. The van der Waals surface area contributed by atoms with Crippen molar-refractivity contribution in [3.63, 3.8) is 0 Å². The van der Waals surface area contributed by atoms with Crippen molar-refractivity contribution in [3.05, 3.63) is 59.7 Å². The van der Waals surface area contributed by atoms with Crippen LogP contribution in [0, 0.1) is 0 Å². The van der Waals surface area contributed by atoms with Gasteiger partial charge < -0.3 is 20.1 Å². The molecular weight excluding hydrogens is 464 g/mol. The number of amides is 2. The van der Waals surface area contributed by atoms with Crippen LogP contribution >= 0.6 is 11.8 Å². The van der Waals surface area contributed by atoms with Crippen LogP contribution < -0.4 is 5.32 Å². The van der Waals surface area contributed by atoms with E-state index in [1.807, 2.05) is 31.2 Å². The smallest absolute Gasteiger partial charge is 0.408 e. The first-order valence-electron chi connectivity index (χ1n) is 12.3. The summed E-state index contributed by atoms with van der Waals surface area (Å²) in [4.78, 5) is 40.1. The molecule has 1 aliphatic heterocycles. The van der Waals surface area contributed by atoms with E-state index < -0.39 is 23.6 Å². The molecule has 1 heterocycles. The van der Waals surface area contributed by atoms with E-state index in [1.165, 1.54) is 16.7 Å². The van der Waals surface area contributed by atoms with Crippen LogP contribution in [0.25, 0.3) is 11.1 Å². The van der Waals surface area contributed by atoms with Crippen molar-refractivity contribution in [3.8, 4) is 11.1 Å². The number of carbonyl (C=O) groups is 3. The molecule has 2 amide bonds. The Hall–Kier alpha value is -3.00. The normalized spacial score (nSPS) is 22.5. The number of carboxylic acids is 1. The van der Waals surface area contributed by atoms with Gasteiger partial charge >= 0.3 is 12.1 Å². The highest BCUT2D eigenvalue weighted by Crippen LogP contribution is 2.44. The molecule has 1 saturated carbocycles. The molecule has 0 radical (unpaired) electrons. The van der Waals surface area contributed by atoms with Crippen LogP contribution in [0.3, 0.4) is 0 Å². The molecule has 2 atom stereocenters. The van der Waals surface area contributed by atoms with Gasteiger partial charge in [0.1, 0.15) is 18.2 Å². The zero-order valence-corrected chi connectivity index (χ0v) is 20.6. The van der Waals surface area contributed by atoms with Crippen molar-refractivity contribution in [1.82, 2.24) is 10.2 Å². The quantitative estimate of drug-likeness (QED) is 0.609. The predicted octanol–water partition coefficient (Wildman–Crippen LogP) is 4.60. The molecule has 0 spiro atoms. The van der Waals surface area contributed by atoms with Gasteiger partial charge in [0.05, 0.1) is 5.37 Å². The van der Waals surface area contributed by atoms with Gasteiger partial charge in [-0.15, -0.1) is 11.8 Å². The molecule has 1 saturated heterocycles. The molecule has 8 heteroatoms. The number of rotatable bonds is 6. The number of alkyl carbamates (subject to hydrolysis) is 1. The first-order valence-corrected chi connectivity index (χ1v) is 13.3. The highest BCUT2D eigenvalue weighted by atomic mass is 32.2. The predicted molar refractivity (Wildman–Crippen MR) is 134 cm³/mol. The zero-order valence-electron chi connectivity index (χ0n) is 19.7. The van der Waals surface area contributed by atoms with Gasteiger partial charge in [-0.3, -0.25) is 4.79 Å². The second kappa shape index (κ2) is 9.57. The fraction of sp³-hybridized carbons (Fsp3) is 0.444. The monoisotopic (exact) mass is 494 g/mol. The van der Waals surface area contributed by atoms with Crippen LogP contribution in [-0.2, 0) is 14.3 Å². The number of ether oxygens (including phenoxy) is 1. The number of carboxylic acid groups (broad SMARTS) is 1. The van der Waals surface area contributed by atoms with Gasteiger partial charge in [0.15, 0.2) is 0 Å². The highest BCUT2D eigenvalue weighted by Gasteiger charge is 2.51. The average molecular weight is 495 g/mol. The van der Waals surface area contributed by atoms with Crippen molar-refractivity contribution >= 4 is 29.7 Å². The Kier molecular flexibility index (Phi) is 6.49. The summed E-state index contributed by atoms with van der Waals surface area (Å²) in [6.07, 6.45) is 2.59. The number of nitrogens with zero attached hydrogens (tertiary/aromatic N) is 1. The van der Waals surface area contributed by atoms with Gasteiger partial charge in [0, 0.05) is 11.7 Å². The minimum Gasteiger partial charge on any atom is -0.480 e. The first kappa shape index (κ1) is 23.7. The van der Waals surface area contributed by atoms with Gasteiger partial charge in [-0.1, -0.05) is 68.3 Å². The second-order valence-electron chi connectivity index (χ2n) is 9.50. The lowest BCUT2D eigenvalue weighted by molar-refractivity contribution is -0.152. The Labute approximate surface area is 209 Å². The molecule has 2 fully saturated rings. The van der Waals surface area contributed by atoms with Crippen molar-refractivity contribution in [1.29, 1.82) is 0 Å². The number of benzene rings is 2. The summed E-state index contributed by atoms with van der Waals surface area (Å²) in [5.74, 6) is -1.01. The molecule has 2 unspecified atom stereocenters. The third-order valence-corrected chi connectivity index (χ3v) is 8.97. The molecule has 5 rings (SSSR count). The van der Waals surface area contributed by atoms with E-state index in [9.17, 15) is 19.5 Å². The fourth-order valence-corrected chi connectivity index (χ4v) is 7.14. The molecule has 0 aromatic heterocycles. The Balaban J connectivity index is 1.32. The Morgan fingerprint density at radius 1 is 1.06 bits per heavy atom. The van der Waals surface area contributed by atoms with E-state index in [2.05, 4.69) is 29.6 Å². The van der Waals surface area contributed by atoms with Crippen LogP contribution in [0.15, 0.2) is 48.5 Å². The maximum Gasteiger partial charge on any atom is 0.408 e. The maximum atomic E-state index is 13.8. The van der Waals surface area contributed by atoms with E-state index in [0.29, 0.717) is 25.0 Å². The summed E-state index contributed by atoms with van der Waals surface area (Å²) < 4.78 is 5.72. The van der Waals surface area contributed by atoms with Crippen LogP contribution in [0.4, 0.5) is 4.79 Å². The summed E-state index contributed by atoms with van der Waals surface area (Å²) in [5, 5.41) is 12.4. The molecule has 7 nitrogen and oxygen atoms in total. The third kappa shape index (κ3) is 4.18. The van der Waals surface area contributed by atoms with E-state index in [4.69, 9.17) is 4.74 Å². The standard InChI is InChI=1S/C27H30N2O5S/c1-2-23-29(22(16-35-23)24(30)31)25(32)27(13-7-8-14-27)28-26(33)34-15-21-19-11-5-3-9-17(19)18-10-4-6-12-20(18)21/h3-6,9-12,21-23H,2,7-8,13-16H2,1H3,(H,28,33)(H,30,31). The van der Waals surface area contributed by atoms with Gasteiger partial charge in [0.2, 0.25) is 5.91 Å². The van der Waals surface area contributed by atoms with Crippen LogP contribution in [0.2, 0.25) is 0 Å². The van der Waals surface area contributed by atoms with E-state index in [1.54, 1.807) is 0 Å². The fourth-order valence-electron chi connectivity index (χ4n) is 5.79. The van der Waals surface area contributed by atoms with Crippen LogP contribution in [0.5, 0.6) is 0 Å². The number of thioether (sulfide) groups is 1. The number of carbonyl (C=O) groups excluding carboxylic acids is 2. The average Bonchev–Trinajstić information content (AvgIpc) is 3.59. The van der Waals surface area contributed by atoms with E-state index >= 15 is 0 Å². The largest absolute Gasteiger partial charge is 0.480 e. The van der Waals surface area contributed by atoms with Crippen LogP contribution in [-0.4, -0.2) is 57.3 Å². The van der Waals surface area contributed by atoms with Gasteiger partial charge in [-0.2, -0.15) is 0 Å². The molecule has 3 aliphatic rings. The summed E-state index contributed by atoms with van der Waals surface area (Å²) in [6, 6.07) is 15.4.